The van der Waals surface area contributed by atoms with E-state index in [1.807, 2.05) is 0 Å². The van der Waals surface area contributed by atoms with Gasteiger partial charge in [0.15, 0.2) is 7.14 Å². The molecule has 0 aliphatic carbocycles. The lowest BCUT2D eigenvalue weighted by molar-refractivity contribution is -0.597. The van der Waals surface area contributed by atoms with Gasteiger partial charge in [-0.25, -0.2) is 0 Å². The number of carboxylic acid groups (broad SMARTS) is 1. The number of benzene rings is 2. The van der Waals surface area contributed by atoms with Crippen molar-refractivity contribution in [1.82, 2.24) is 0 Å². The van der Waals surface area contributed by atoms with Crippen LogP contribution in [-0.2, 0) is 14.1 Å². The summed E-state index contributed by atoms with van der Waals surface area (Å²) < 4.78 is 46.1. The molecule has 1 heterocycles. The molecule has 1 aliphatic rings. The molecular weight excluding hydrogens is 487 g/mol. The molecular formula is C19H19BF3IO4. The van der Waals surface area contributed by atoms with Crippen LogP contribution in [0.4, 0.5) is 13.2 Å². The summed E-state index contributed by atoms with van der Waals surface area (Å²) in [5.41, 5.74) is 1.24. The molecule has 0 radical (unpaired) electrons. The summed E-state index contributed by atoms with van der Waals surface area (Å²) in [5.74, 6) is -3.01. The summed E-state index contributed by atoms with van der Waals surface area (Å²) in [7, 11) is -0.206. The van der Waals surface area contributed by atoms with Crippen LogP contribution in [0, 0.1) is 12.6 Å². The zero-order valence-corrected chi connectivity index (χ0v) is 17.5. The number of carbonyl (C=O) groups excluding carboxylic acids is 1. The van der Waals surface area contributed by atoms with E-state index >= 15 is 0 Å². The van der Waals surface area contributed by atoms with Gasteiger partial charge in [-0.1, -0.05) is 44.2 Å². The molecule has 1 fully saturated rings. The lowest BCUT2D eigenvalue weighted by Gasteiger charge is -2.33. The maximum absolute atomic E-state index is 10.5. The second kappa shape index (κ2) is 9.75. The molecule has 0 spiro atoms. The highest BCUT2D eigenvalue weighted by molar-refractivity contribution is 6.61. The average Bonchev–Trinajstić information content (AvgIpc) is 2.63. The number of halogens is 4. The fourth-order valence-corrected chi connectivity index (χ4v) is 4.38. The SMILES string of the molecule is CC1(C)COB(c2ccc([I+]c3ccccc3)cc2)OC1.O=C([O-])C(F)(F)F. The molecule has 1 aliphatic heterocycles. The minimum Gasteiger partial charge on any atom is -0.542 e. The van der Waals surface area contributed by atoms with Crippen LogP contribution in [0.25, 0.3) is 0 Å². The van der Waals surface area contributed by atoms with Crippen molar-refractivity contribution in [2.75, 3.05) is 13.2 Å². The van der Waals surface area contributed by atoms with Crippen molar-refractivity contribution >= 4 is 18.6 Å². The van der Waals surface area contributed by atoms with Gasteiger partial charge >= 0.3 is 34.5 Å². The van der Waals surface area contributed by atoms with Crippen molar-refractivity contribution in [2.45, 2.75) is 20.0 Å². The van der Waals surface area contributed by atoms with E-state index in [1.165, 1.54) is 7.14 Å². The topological polar surface area (TPSA) is 58.6 Å². The Kier molecular flexibility index (Phi) is 7.91. The van der Waals surface area contributed by atoms with Gasteiger partial charge in [0.1, 0.15) is 5.97 Å². The summed E-state index contributed by atoms with van der Waals surface area (Å²) in [4.78, 5) is 8.78. The Bertz CT molecular complexity index is 757. The van der Waals surface area contributed by atoms with Crippen molar-refractivity contribution in [1.29, 1.82) is 0 Å². The number of carbonyl (C=O) groups is 1. The first-order valence-corrected chi connectivity index (χ1v) is 10.5. The summed E-state index contributed by atoms with van der Waals surface area (Å²) >= 11 is -0.100. The first-order chi connectivity index (χ1) is 13.1. The third kappa shape index (κ3) is 7.44. The Hall–Kier alpha value is -1.59. The van der Waals surface area contributed by atoms with Crippen LogP contribution in [-0.4, -0.2) is 32.5 Å². The van der Waals surface area contributed by atoms with Crippen molar-refractivity contribution < 1.29 is 53.6 Å². The molecule has 2 aromatic carbocycles. The minimum atomic E-state index is -5.19. The maximum Gasteiger partial charge on any atom is 0.493 e. The van der Waals surface area contributed by atoms with E-state index in [-0.39, 0.29) is 33.7 Å². The summed E-state index contributed by atoms with van der Waals surface area (Å²) in [6, 6.07) is 19.4. The lowest BCUT2D eigenvalue weighted by Crippen LogP contribution is -3.61. The van der Waals surface area contributed by atoms with Crippen molar-refractivity contribution in [2.24, 2.45) is 5.41 Å². The molecule has 2 aromatic rings. The Labute approximate surface area is 172 Å². The Morgan fingerprint density at radius 1 is 1.00 bits per heavy atom. The van der Waals surface area contributed by atoms with E-state index in [0.29, 0.717) is 0 Å². The first-order valence-electron chi connectivity index (χ1n) is 8.38. The van der Waals surface area contributed by atoms with Gasteiger partial charge in [0, 0.05) is 18.6 Å². The molecule has 9 heteroatoms. The molecule has 150 valence electrons. The van der Waals surface area contributed by atoms with Crippen LogP contribution >= 0.6 is 0 Å². The molecule has 0 aromatic heterocycles. The van der Waals surface area contributed by atoms with Crippen LogP contribution in [0.3, 0.4) is 0 Å². The maximum atomic E-state index is 10.5. The van der Waals surface area contributed by atoms with Crippen molar-refractivity contribution in [3.63, 3.8) is 0 Å². The normalized spacial score (nSPS) is 16.1. The highest BCUT2D eigenvalue weighted by Gasteiger charge is 2.33. The smallest absolute Gasteiger partial charge is 0.493 e. The van der Waals surface area contributed by atoms with Gasteiger partial charge in [0.05, 0.1) is 0 Å². The molecule has 0 unspecified atom stereocenters. The summed E-state index contributed by atoms with van der Waals surface area (Å²) in [6.07, 6.45) is -5.19. The monoisotopic (exact) mass is 506 g/mol. The van der Waals surface area contributed by atoms with Gasteiger partial charge in [-0.3, -0.25) is 0 Å². The molecule has 4 nitrogen and oxygen atoms in total. The number of hydrogen-bond donors (Lipinski definition) is 0. The Morgan fingerprint density at radius 2 is 1.46 bits per heavy atom. The van der Waals surface area contributed by atoms with E-state index in [1.54, 1.807) is 0 Å². The number of rotatable bonds is 3. The predicted molar refractivity (Wildman–Crippen MR) is 92.4 cm³/mol. The van der Waals surface area contributed by atoms with Gasteiger partial charge in [-0.15, -0.1) is 0 Å². The number of carboxylic acids is 1. The van der Waals surface area contributed by atoms with Gasteiger partial charge < -0.3 is 19.2 Å². The highest BCUT2D eigenvalue weighted by atomic mass is 127. The zero-order valence-electron chi connectivity index (χ0n) is 15.3. The molecule has 0 N–H and O–H groups in total. The van der Waals surface area contributed by atoms with E-state index in [4.69, 9.17) is 19.2 Å². The second-order valence-corrected chi connectivity index (χ2v) is 9.88. The van der Waals surface area contributed by atoms with Crippen LogP contribution in [0.15, 0.2) is 54.6 Å². The summed E-state index contributed by atoms with van der Waals surface area (Å²) in [5, 5.41) is 8.78. The predicted octanol–water partition coefficient (Wildman–Crippen LogP) is -1.12. The molecule has 0 bridgehead atoms. The highest BCUT2D eigenvalue weighted by Crippen LogP contribution is 2.21. The fraction of sp³-hybridized carbons (Fsp3) is 0.316. The Balaban J connectivity index is 0.000000345. The van der Waals surface area contributed by atoms with Gasteiger partial charge in [-0.2, -0.15) is 13.2 Å². The van der Waals surface area contributed by atoms with E-state index < -0.39 is 12.1 Å². The van der Waals surface area contributed by atoms with Crippen LogP contribution in [0.1, 0.15) is 13.8 Å². The first kappa shape index (κ1) is 22.7. The number of aliphatic carboxylic acids is 1. The fourth-order valence-electron chi connectivity index (χ4n) is 2.17. The molecule has 0 saturated carbocycles. The number of hydrogen-bond acceptors (Lipinski definition) is 4. The third-order valence-electron chi connectivity index (χ3n) is 3.58. The largest absolute Gasteiger partial charge is 0.542 e. The van der Waals surface area contributed by atoms with Gasteiger partial charge in [-0.05, 0) is 29.7 Å². The van der Waals surface area contributed by atoms with Crippen LogP contribution in [0.2, 0.25) is 0 Å². The third-order valence-corrected chi connectivity index (χ3v) is 6.26. The van der Waals surface area contributed by atoms with E-state index in [2.05, 4.69) is 68.4 Å². The lowest BCUT2D eigenvalue weighted by atomic mass is 9.76. The van der Waals surface area contributed by atoms with E-state index in [9.17, 15) is 13.2 Å². The molecule has 0 amide bonds. The molecule has 0 atom stereocenters. The average molecular weight is 506 g/mol. The van der Waals surface area contributed by atoms with Gasteiger partial charge in [0.2, 0.25) is 0 Å². The molecule has 28 heavy (non-hydrogen) atoms. The molecule has 3 rings (SSSR count). The van der Waals surface area contributed by atoms with Crippen LogP contribution < -0.4 is 31.8 Å². The Morgan fingerprint density at radius 3 is 1.93 bits per heavy atom. The second-order valence-electron chi connectivity index (χ2n) is 6.84. The van der Waals surface area contributed by atoms with Crippen molar-refractivity contribution in [3.05, 3.63) is 61.7 Å². The summed E-state index contributed by atoms with van der Waals surface area (Å²) in [6.45, 7) is 5.82. The van der Waals surface area contributed by atoms with E-state index in [0.717, 1.165) is 18.7 Å². The van der Waals surface area contributed by atoms with Crippen LogP contribution in [0.5, 0.6) is 0 Å². The standard InChI is InChI=1S/C17H19BIO2.C2HF3O2/c1-17(2)12-20-18(21-13-17)14-8-10-16(11-9-14)19-15-6-4-3-5-7-15;3-2(4,5)1(6)7/h3-11H,12-13H2,1-2H3;(H,6,7)/q+1;/p-1. The zero-order chi connectivity index (χ0) is 20.8. The van der Waals surface area contributed by atoms with Gasteiger partial charge in [0.25, 0.3) is 0 Å². The van der Waals surface area contributed by atoms with Crippen molar-refractivity contribution in [3.8, 4) is 0 Å². The quantitative estimate of drug-likeness (QED) is 0.392. The number of alkyl halides is 3. The molecule has 1 saturated heterocycles. The minimum absolute atomic E-state index is 0.100.